The molecule has 4 heterocycles. The summed E-state index contributed by atoms with van der Waals surface area (Å²) in [4.78, 5) is 35.0. The molecule has 1 saturated heterocycles. The molecule has 5 rings (SSSR count). The number of carbonyl (C=O) groups is 2. The topological polar surface area (TPSA) is 119 Å². The lowest BCUT2D eigenvalue weighted by molar-refractivity contribution is -0.125. The number of rotatable bonds is 5. The highest BCUT2D eigenvalue weighted by Gasteiger charge is 2.39. The lowest BCUT2D eigenvalue weighted by Crippen LogP contribution is -2.43. The van der Waals surface area contributed by atoms with E-state index < -0.39 is 0 Å². The number of benzene rings is 1. The number of pyridine rings is 1. The smallest absolute Gasteiger partial charge is 0.256 e. The van der Waals surface area contributed by atoms with Gasteiger partial charge in [0.15, 0.2) is 0 Å². The number of aromatic nitrogens is 1. The van der Waals surface area contributed by atoms with Crippen molar-refractivity contribution in [2.75, 3.05) is 18.4 Å². The number of nitrogens with one attached hydrogen (secondary N) is 2. The van der Waals surface area contributed by atoms with Crippen LogP contribution in [0.1, 0.15) is 27.9 Å². The number of hydrogen-bond acceptors (Lipinski definition) is 8. The van der Waals surface area contributed by atoms with Crippen molar-refractivity contribution < 1.29 is 9.59 Å². The number of nitrogens with two attached hydrogens (primary N) is 1. The van der Waals surface area contributed by atoms with E-state index in [0.29, 0.717) is 24.5 Å². The van der Waals surface area contributed by atoms with Crippen LogP contribution in [-0.2, 0) is 4.79 Å². The molecule has 2 aromatic rings. The summed E-state index contributed by atoms with van der Waals surface area (Å²) >= 11 is 0. The summed E-state index contributed by atoms with van der Waals surface area (Å²) in [6.45, 7) is 6.75. The highest BCUT2D eigenvalue weighted by molar-refractivity contribution is 6.04. The molecule has 1 fully saturated rings. The van der Waals surface area contributed by atoms with Gasteiger partial charge in [-0.2, -0.15) is 0 Å². The fourth-order valence-corrected chi connectivity index (χ4v) is 4.45. The summed E-state index contributed by atoms with van der Waals surface area (Å²) in [5.74, 6) is 6.44. The van der Waals surface area contributed by atoms with E-state index >= 15 is 0 Å². The van der Waals surface area contributed by atoms with Crippen LogP contribution in [0.4, 0.5) is 5.82 Å². The van der Waals surface area contributed by atoms with Gasteiger partial charge in [-0.3, -0.25) is 25.0 Å². The van der Waals surface area contributed by atoms with Gasteiger partial charge >= 0.3 is 0 Å². The first-order chi connectivity index (χ1) is 16.9. The Morgan fingerprint density at radius 1 is 1.26 bits per heavy atom. The number of nitrogens with zero attached hydrogens (tertiary/aromatic N) is 5. The van der Waals surface area contributed by atoms with Crippen molar-refractivity contribution in [3.8, 4) is 0 Å². The third-order valence-corrected chi connectivity index (χ3v) is 6.22. The van der Waals surface area contributed by atoms with Gasteiger partial charge in [-0.1, -0.05) is 18.7 Å². The summed E-state index contributed by atoms with van der Waals surface area (Å²) in [6, 6.07) is 11.0. The van der Waals surface area contributed by atoms with E-state index in [1.807, 2.05) is 36.2 Å². The number of anilines is 1. The minimum atomic E-state index is -0.239. The molecule has 4 N–H and O–H groups in total. The molecule has 3 aliphatic rings. The van der Waals surface area contributed by atoms with Gasteiger partial charge in [-0.25, -0.2) is 15.8 Å². The van der Waals surface area contributed by atoms with Gasteiger partial charge in [-0.05, 0) is 49.2 Å². The number of fused-ring (bicyclic) bond motifs is 1. The van der Waals surface area contributed by atoms with Crippen LogP contribution in [0.5, 0.6) is 0 Å². The summed E-state index contributed by atoms with van der Waals surface area (Å²) in [7, 11) is 0. The van der Waals surface area contributed by atoms with Gasteiger partial charge in [0, 0.05) is 30.4 Å². The minimum Gasteiger partial charge on any atom is -0.337 e. The number of carbonyl (C=O) groups excluding carboxylic acids is 2. The Labute approximate surface area is 203 Å². The van der Waals surface area contributed by atoms with E-state index in [1.54, 1.807) is 35.8 Å². The average molecular weight is 471 g/mol. The standard InChI is InChI=1S/C25H26N8O2/c1-3-22(34)31-11-9-19(14-31)33-20-13-27-15-32(26)24(20)23(30-33)17-4-6-18(7-5-17)25(35)29-21-12-16(2)8-10-28-21/h3-8,10,12-13,15,19,30H,1,9,11,14,26H2,2H3,(H,28,29,35)/t19-/m1/s1. The summed E-state index contributed by atoms with van der Waals surface area (Å²) in [6.07, 6.45) is 7.10. The molecule has 1 aromatic heterocycles. The molecule has 0 saturated carbocycles. The van der Waals surface area contributed by atoms with E-state index in [1.165, 1.54) is 11.1 Å². The molecule has 10 nitrogen and oxygen atoms in total. The molecule has 1 aromatic carbocycles. The predicted molar refractivity (Wildman–Crippen MR) is 133 cm³/mol. The Kier molecular flexibility index (Phi) is 5.79. The second kappa shape index (κ2) is 9.07. The van der Waals surface area contributed by atoms with Crippen LogP contribution in [0.25, 0.3) is 5.70 Å². The lowest BCUT2D eigenvalue weighted by Gasteiger charge is -2.30. The van der Waals surface area contributed by atoms with E-state index in [9.17, 15) is 9.59 Å². The van der Waals surface area contributed by atoms with Gasteiger partial charge in [0.05, 0.1) is 17.9 Å². The van der Waals surface area contributed by atoms with Crippen LogP contribution in [0.3, 0.4) is 0 Å². The molecule has 2 amide bonds. The maximum atomic E-state index is 12.7. The van der Waals surface area contributed by atoms with Crippen molar-refractivity contribution in [3.63, 3.8) is 0 Å². The maximum absolute atomic E-state index is 12.7. The highest BCUT2D eigenvalue weighted by Crippen LogP contribution is 2.36. The normalized spacial score (nSPS) is 18.9. The Balaban J connectivity index is 1.37. The van der Waals surface area contributed by atoms with Crippen molar-refractivity contribution in [3.05, 3.63) is 89.5 Å². The van der Waals surface area contributed by atoms with E-state index in [0.717, 1.165) is 34.6 Å². The van der Waals surface area contributed by atoms with Crippen LogP contribution in [0.15, 0.2) is 77.8 Å². The molecule has 0 radical (unpaired) electrons. The molecule has 35 heavy (non-hydrogen) atoms. The van der Waals surface area contributed by atoms with Crippen LogP contribution in [-0.4, -0.2) is 57.2 Å². The zero-order chi connectivity index (χ0) is 24.5. The number of hydrazine groups is 2. The van der Waals surface area contributed by atoms with Gasteiger partial charge in [-0.15, -0.1) is 0 Å². The molecule has 1 atom stereocenters. The number of amides is 2. The van der Waals surface area contributed by atoms with Crippen molar-refractivity contribution >= 4 is 29.7 Å². The predicted octanol–water partition coefficient (Wildman–Crippen LogP) is 1.98. The van der Waals surface area contributed by atoms with Crippen molar-refractivity contribution in [2.45, 2.75) is 19.4 Å². The van der Waals surface area contributed by atoms with Gasteiger partial charge in [0.1, 0.15) is 23.6 Å². The number of aryl methyl sites for hydroxylation is 1. The van der Waals surface area contributed by atoms with Crippen LogP contribution in [0, 0.1) is 6.92 Å². The second-order valence-electron chi connectivity index (χ2n) is 8.57. The zero-order valence-corrected chi connectivity index (χ0v) is 19.3. The quantitative estimate of drug-likeness (QED) is 0.452. The van der Waals surface area contributed by atoms with Crippen LogP contribution in [0.2, 0.25) is 0 Å². The monoisotopic (exact) mass is 470 g/mol. The van der Waals surface area contributed by atoms with E-state index in [-0.39, 0.29) is 17.9 Å². The Morgan fingerprint density at radius 2 is 2.06 bits per heavy atom. The molecule has 0 aliphatic carbocycles. The molecule has 3 aliphatic heterocycles. The molecule has 0 bridgehead atoms. The van der Waals surface area contributed by atoms with Crippen molar-refractivity contribution in [2.24, 2.45) is 10.8 Å². The van der Waals surface area contributed by atoms with E-state index in [2.05, 4.69) is 27.3 Å². The SMILES string of the molecule is C=CC(=O)N1CC[C@@H](N2NC(c3ccc(C(=O)Nc4cc(C)ccn4)cc3)=C3C2=CN=CN3N)C1. The third kappa shape index (κ3) is 4.26. The highest BCUT2D eigenvalue weighted by atomic mass is 16.2. The second-order valence-corrected chi connectivity index (χ2v) is 8.57. The Hall–Kier alpha value is -4.44. The minimum absolute atomic E-state index is 0.0474. The maximum Gasteiger partial charge on any atom is 0.256 e. The van der Waals surface area contributed by atoms with Crippen LogP contribution >= 0.6 is 0 Å². The Bertz CT molecular complexity index is 1280. The third-order valence-electron chi connectivity index (χ3n) is 6.22. The lowest BCUT2D eigenvalue weighted by atomic mass is 10.1. The van der Waals surface area contributed by atoms with E-state index in [4.69, 9.17) is 5.84 Å². The van der Waals surface area contributed by atoms with Crippen molar-refractivity contribution in [1.82, 2.24) is 25.3 Å². The summed E-state index contributed by atoms with van der Waals surface area (Å²) in [5.41, 5.74) is 8.25. The molecule has 0 spiro atoms. The molecule has 10 heteroatoms. The fraction of sp³-hybridized carbons (Fsp3) is 0.200. The average Bonchev–Trinajstić information content (AvgIpc) is 3.50. The Morgan fingerprint density at radius 3 is 2.80 bits per heavy atom. The van der Waals surface area contributed by atoms with Gasteiger partial charge in [0.25, 0.3) is 5.91 Å². The number of likely N-dealkylation sites (tertiary alicyclic amines) is 1. The van der Waals surface area contributed by atoms with Crippen LogP contribution < -0.4 is 16.6 Å². The largest absolute Gasteiger partial charge is 0.337 e. The van der Waals surface area contributed by atoms with Gasteiger partial charge < -0.3 is 10.2 Å². The molecule has 178 valence electrons. The first-order valence-corrected chi connectivity index (χ1v) is 11.3. The summed E-state index contributed by atoms with van der Waals surface area (Å²) < 4.78 is 0. The number of hydrogen-bond donors (Lipinski definition) is 3. The van der Waals surface area contributed by atoms with Gasteiger partial charge in [0.2, 0.25) is 5.91 Å². The van der Waals surface area contributed by atoms with Crippen molar-refractivity contribution in [1.29, 1.82) is 0 Å². The molecular formula is C25H26N8O2. The molecule has 0 unspecified atom stereocenters. The number of aliphatic imine (C=N–C) groups is 1. The zero-order valence-electron chi connectivity index (χ0n) is 19.3. The first-order valence-electron chi connectivity index (χ1n) is 11.3. The first kappa shape index (κ1) is 22.4. The summed E-state index contributed by atoms with van der Waals surface area (Å²) in [5, 5.41) is 6.31. The molecular weight excluding hydrogens is 444 g/mol. The fourth-order valence-electron chi connectivity index (χ4n) is 4.45.